The number of hydrogen-bond donors (Lipinski definition) is 2. The molecule has 1 aromatic rings. The van der Waals surface area contributed by atoms with E-state index in [1.165, 1.54) is 6.07 Å². The first-order chi connectivity index (χ1) is 8.96. The van der Waals surface area contributed by atoms with Crippen LogP contribution >= 0.6 is 0 Å². The van der Waals surface area contributed by atoms with Crippen molar-refractivity contribution in [2.45, 2.75) is 19.4 Å². The zero-order valence-corrected chi connectivity index (χ0v) is 11.4. The molecule has 1 amide bonds. The van der Waals surface area contributed by atoms with Gasteiger partial charge in [-0.25, -0.2) is 4.39 Å². The maximum Gasteiger partial charge on any atom is 0.242 e. The first-order valence-corrected chi connectivity index (χ1v) is 6.48. The van der Waals surface area contributed by atoms with E-state index < -0.39 is 11.4 Å². The summed E-state index contributed by atoms with van der Waals surface area (Å²) in [5, 5.41) is 3.23. The van der Waals surface area contributed by atoms with Gasteiger partial charge in [-0.1, -0.05) is 12.1 Å². The molecule has 1 fully saturated rings. The fourth-order valence-electron chi connectivity index (χ4n) is 2.49. The first kappa shape index (κ1) is 14.0. The summed E-state index contributed by atoms with van der Waals surface area (Å²) in [4.78, 5) is 14.0. The highest BCUT2D eigenvalue weighted by Crippen LogP contribution is 2.29. The van der Waals surface area contributed by atoms with Crippen LogP contribution in [0.2, 0.25) is 0 Å². The van der Waals surface area contributed by atoms with E-state index in [1.807, 2.05) is 4.90 Å². The molecule has 104 valence electrons. The van der Waals surface area contributed by atoms with Gasteiger partial charge in [0.15, 0.2) is 0 Å². The van der Waals surface area contributed by atoms with Gasteiger partial charge in [0.2, 0.25) is 5.91 Å². The monoisotopic (exact) mass is 265 g/mol. The lowest BCUT2D eigenvalue weighted by Gasteiger charge is -2.41. The summed E-state index contributed by atoms with van der Waals surface area (Å²) < 4.78 is 13.8. The highest BCUT2D eigenvalue weighted by atomic mass is 19.1. The van der Waals surface area contributed by atoms with Crippen LogP contribution < -0.4 is 11.1 Å². The molecule has 1 aromatic carbocycles. The van der Waals surface area contributed by atoms with Gasteiger partial charge in [0, 0.05) is 26.2 Å². The van der Waals surface area contributed by atoms with Crippen molar-refractivity contribution < 1.29 is 9.18 Å². The van der Waals surface area contributed by atoms with E-state index in [-0.39, 0.29) is 5.82 Å². The standard InChI is InChI=1S/C14H20FN3O/c1-10-3-4-11(9-12(10)15)14(2,13(16)19)18-7-5-17-6-8-18/h3-4,9,17H,5-8H2,1-2H3,(H2,16,19). The van der Waals surface area contributed by atoms with Crippen molar-refractivity contribution in [3.63, 3.8) is 0 Å². The van der Waals surface area contributed by atoms with Crippen LogP contribution in [0.5, 0.6) is 0 Å². The predicted molar refractivity (Wildman–Crippen MR) is 72.1 cm³/mol. The van der Waals surface area contributed by atoms with Gasteiger partial charge >= 0.3 is 0 Å². The number of primary amides is 1. The van der Waals surface area contributed by atoms with E-state index in [2.05, 4.69) is 5.32 Å². The van der Waals surface area contributed by atoms with Crippen LogP contribution in [0.4, 0.5) is 4.39 Å². The summed E-state index contributed by atoms with van der Waals surface area (Å²) in [6, 6.07) is 4.89. The van der Waals surface area contributed by atoms with Crippen molar-refractivity contribution in [3.8, 4) is 0 Å². The lowest BCUT2D eigenvalue weighted by Crippen LogP contribution is -2.58. The molecule has 1 aliphatic rings. The van der Waals surface area contributed by atoms with E-state index in [4.69, 9.17) is 5.73 Å². The molecule has 1 unspecified atom stereocenters. The van der Waals surface area contributed by atoms with Gasteiger partial charge in [-0.15, -0.1) is 0 Å². The SMILES string of the molecule is Cc1ccc(C(C)(C(N)=O)N2CCNCC2)cc1F. The molecule has 0 saturated carbocycles. The van der Waals surface area contributed by atoms with Gasteiger partial charge < -0.3 is 11.1 Å². The van der Waals surface area contributed by atoms with Gasteiger partial charge in [0.25, 0.3) is 0 Å². The van der Waals surface area contributed by atoms with Crippen molar-refractivity contribution in [3.05, 3.63) is 35.1 Å². The Labute approximate surface area is 112 Å². The number of carbonyl (C=O) groups excluding carboxylic acids is 1. The molecule has 4 nitrogen and oxygen atoms in total. The van der Waals surface area contributed by atoms with Gasteiger partial charge in [-0.3, -0.25) is 9.69 Å². The van der Waals surface area contributed by atoms with Crippen LogP contribution in [0.3, 0.4) is 0 Å². The number of halogens is 1. The number of nitrogens with one attached hydrogen (secondary N) is 1. The molecule has 0 aromatic heterocycles. The van der Waals surface area contributed by atoms with Crippen LogP contribution in [-0.4, -0.2) is 37.0 Å². The zero-order chi connectivity index (χ0) is 14.0. The molecule has 1 heterocycles. The lowest BCUT2D eigenvalue weighted by atomic mass is 9.88. The minimum absolute atomic E-state index is 0.305. The Morgan fingerprint density at radius 1 is 1.42 bits per heavy atom. The molecule has 0 bridgehead atoms. The Hall–Kier alpha value is -1.46. The maximum atomic E-state index is 13.8. The second-order valence-electron chi connectivity index (χ2n) is 5.14. The minimum atomic E-state index is -0.962. The number of nitrogens with two attached hydrogens (primary N) is 1. The highest BCUT2D eigenvalue weighted by molar-refractivity contribution is 5.85. The van der Waals surface area contributed by atoms with Gasteiger partial charge in [0.1, 0.15) is 11.4 Å². The van der Waals surface area contributed by atoms with E-state index in [0.717, 1.165) is 26.2 Å². The third kappa shape index (κ3) is 2.48. The number of aryl methyl sites for hydroxylation is 1. The van der Waals surface area contributed by atoms with Crippen LogP contribution in [0.1, 0.15) is 18.1 Å². The van der Waals surface area contributed by atoms with E-state index in [1.54, 1.807) is 26.0 Å². The van der Waals surface area contributed by atoms with E-state index >= 15 is 0 Å². The average molecular weight is 265 g/mol. The summed E-state index contributed by atoms with van der Waals surface area (Å²) in [6.45, 7) is 6.51. The molecule has 3 N–H and O–H groups in total. The summed E-state index contributed by atoms with van der Waals surface area (Å²) in [5.74, 6) is -0.752. The number of carbonyl (C=O) groups is 1. The lowest BCUT2D eigenvalue weighted by molar-refractivity contribution is -0.130. The number of hydrogen-bond acceptors (Lipinski definition) is 3. The predicted octanol–water partition coefficient (Wildman–Crippen LogP) is 0.740. The van der Waals surface area contributed by atoms with Crippen LogP contribution in [0, 0.1) is 12.7 Å². The molecule has 5 heteroatoms. The molecule has 2 rings (SSSR count). The molecule has 0 radical (unpaired) electrons. The average Bonchev–Trinajstić information content (AvgIpc) is 2.41. The van der Waals surface area contributed by atoms with Crippen LogP contribution in [-0.2, 0) is 10.3 Å². The second kappa shape index (κ2) is 5.27. The molecular weight excluding hydrogens is 245 g/mol. The molecule has 1 saturated heterocycles. The Bertz CT molecular complexity index is 486. The Morgan fingerprint density at radius 2 is 2.05 bits per heavy atom. The molecule has 1 aliphatic heterocycles. The van der Waals surface area contributed by atoms with Crippen LogP contribution in [0.15, 0.2) is 18.2 Å². The Morgan fingerprint density at radius 3 is 2.58 bits per heavy atom. The van der Waals surface area contributed by atoms with Crippen LogP contribution in [0.25, 0.3) is 0 Å². The molecule has 19 heavy (non-hydrogen) atoms. The van der Waals surface area contributed by atoms with Crippen molar-refractivity contribution in [1.82, 2.24) is 10.2 Å². The fourth-order valence-corrected chi connectivity index (χ4v) is 2.49. The number of benzene rings is 1. The third-order valence-corrected chi connectivity index (χ3v) is 3.96. The number of piperazine rings is 1. The summed E-state index contributed by atoms with van der Waals surface area (Å²) in [5.41, 5.74) is 5.82. The highest BCUT2D eigenvalue weighted by Gasteiger charge is 2.40. The maximum absolute atomic E-state index is 13.8. The molecule has 1 atom stereocenters. The van der Waals surface area contributed by atoms with Crippen molar-refractivity contribution in [1.29, 1.82) is 0 Å². The third-order valence-electron chi connectivity index (χ3n) is 3.96. The van der Waals surface area contributed by atoms with Crippen molar-refractivity contribution in [2.75, 3.05) is 26.2 Å². The normalized spacial score (nSPS) is 19.9. The first-order valence-electron chi connectivity index (χ1n) is 6.48. The Balaban J connectivity index is 2.42. The summed E-state index contributed by atoms with van der Waals surface area (Å²) in [7, 11) is 0. The van der Waals surface area contributed by atoms with Gasteiger partial charge in [-0.05, 0) is 31.0 Å². The molecule has 0 spiro atoms. The minimum Gasteiger partial charge on any atom is -0.368 e. The number of nitrogens with zero attached hydrogens (tertiary/aromatic N) is 1. The summed E-state index contributed by atoms with van der Waals surface area (Å²) in [6.07, 6.45) is 0. The topological polar surface area (TPSA) is 58.4 Å². The van der Waals surface area contributed by atoms with E-state index in [9.17, 15) is 9.18 Å². The number of amides is 1. The Kier molecular flexibility index (Phi) is 3.87. The molecular formula is C14H20FN3O. The van der Waals surface area contributed by atoms with Gasteiger partial charge in [-0.2, -0.15) is 0 Å². The zero-order valence-electron chi connectivity index (χ0n) is 11.4. The van der Waals surface area contributed by atoms with Crippen molar-refractivity contribution >= 4 is 5.91 Å². The smallest absolute Gasteiger partial charge is 0.242 e. The second-order valence-corrected chi connectivity index (χ2v) is 5.14. The fraction of sp³-hybridized carbons (Fsp3) is 0.500. The van der Waals surface area contributed by atoms with Crippen molar-refractivity contribution in [2.24, 2.45) is 5.73 Å². The van der Waals surface area contributed by atoms with E-state index in [0.29, 0.717) is 11.1 Å². The summed E-state index contributed by atoms with van der Waals surface area (Å²) >= 11 is 0. The number of rotatable bonds is 3. The van der Waals surface area contributed by atoms with Gasteiger partial charge in [0.05, 0.1) is 0 Å². The quantitative estimate of drug-likeness (QED) is 0.847. The molecule has 0 aliphatic carbocycles. The largest absolute Gasteiger partial charge is 0.368 e.